The molecule has 8 heteroatoms. The second-order valence-corrected chi connectivity index (χ2v) is 4.38. The monoisotopic (exact) mass is 261 g/mol. The SMILES string of the molecule is CCc1nn(C)c2c1nc(N)n2Cc1noc(C)n1. The average molecular weight is 261 g/mol. The third kappa shape index (κ3) is 1.76. The zero-order chi connectivity index (χ0) is 13.6. The molecule has 8 nitrogen and oxygen atoms in total. The van der Waals surface area contributed by atoms with Gasteiger partial charge in [0.15, 0.2) is 11.5 Å². The molecule has 0 bridgehead atoms. The number of nitrogen functional groups attached to an aromatic ring is 1. The zero-order valence-corrected chi connectivity index (χ0v) is 11.1. The molecule has 3 aromatic rings. The van der Waals surface area contributed by atoms with Crippen molar-refractivity contribution >= 4 is 17.1 Å². The third-order valence-electron chi connectivity index (χ3n) is 3.03. The van der Waals surface area contributed by atoms with E-state index in [1.807, 2.05) is 18.5 Å². The first-order chi connectivity index (χ1) is 9.10. The Labute approximate surface area is 109 Å². The van der Waals surface area contributed by atoms with Crippen molar-refractivity contribution in [2.45, 2.75) is 26.8 Å². The fourth-order valence-electron chi connectivity index (χ4n) is 2.20. The second kappa shape index (κ2) is 4.08. The normalized spacial score (nSPS) is 11.5. The van der Waals surface area contributed by atoms with Crippen LogP contribution in [-0.2, 0) is 20.0 Å². The summed E-state index contributed by atoms with van der Waals surface area (Å²) in [7, 11) is 1.88. The van der Waals surface area contributed by atoms with Crippen LogP contribution in [0.3, 0.4) is 0 Å². The number of rotatable bonds is 3. The Morgan fingerprint density at radius 3 is 2.74 bits per heavy atom. The Bertz CT molecular complexity index is 736. The lowest BCUT2D eigenvalue weighted by Gasteiger charge is -2.03. The largest absolute Gasteiger partial charge is 0.369 e. The predicted molar refractivity (Wildman–Crippen MR) is 68.4 cm³/mol. The second-order valence-electron chi connectivity index (χ2n) is 4.38. The van der Waals surface area contributed by atoms with E-state index in [1.165, 1.54) is 0 Å². The van der Waals surface area contributed by atoms with Crippen molar-refractivity contribution < 1.29 is 4.52 Å². The van der Waals surface area contributed by atoms with Gasteiger partial charge in [-0.2, -0.15) is 10.1 Å². The molecule has 0 fully saturated rings. The molecule has 3 heterocycles. The summed E-state index contributed by atoms with van der Waals surface area (Å²) in [4.78, 5) is 8.56. The Morgan fingerprint density at radius 1 is 1.32 bits per heavy atom. The Kier molecular flexibility index (Phi) is 2.51. The molecule has 19 heavy (non-hydrogen) atoms. The van der Waals surface area contributed by atoms with Gasteiger partial charge in [-0.1, -0.05) is 12.1 Å². The van der Waals surface area contributed by atoms with Gasteiger partial charge in [0, 0.05) is 14.0 Å². The van der Waals surface area contributed by atoms with E-state index in [-0.39, 0.29) is 0 Å². The number of nitrogens with two attached hydrogens (primary N) is 1. The van der Waals surface area contributed by atoms with Crippen molar-refractivity contribution in [3.8, 4) is 0 Å². The standard InChI is InChI=1S/C11H15N7O/c1-4-7-9-10(17(3)15-7)18(11(12)14-9)5-8-13-6(2)19-16-8/h4-5H2,1-3H3,(H2,12,14). The molecule has 2 N–H and O–H groups in total. The van der Waals surface area contributed by atoms with Crippen LogP contribution in [0, 0.1) is 6.92 Å². The Hall–Kier alpha value is -2.38. The number of anilines is 1. The first kappa shape index (κ1) is 11.7. The van der Waals surface area contributed by atoms with Crippen LogP contribution in [0.15, 0.2) is 4.52 Å². The van der Waals surface area contributed by atoms with Gasteiger partial charge in [0.1, 0.15) is 5.52 Å². The molecule has 100 valence electrons. The number of hydrogen-bond donors (Lipinski definition) is 1. The van der Waals surface area contributed by atoms with Crippen molar-refractivity contribution in [3.05, 3.63) is 17.4 Å². The van der Waals surface area contributed by atoms with E-state index >= 15 is 0 Å². The van der Waals surface area contributed by atoms with Gasteiger partial charge in [-0.25, -0.2) is 4.98 Å². The van der Waals surface area contributed by atoms with Gasteiger partial charge in [0.25, 0.3) is 0 Å². The van der Waals surface area contributed by atoms with Crippen LogP contribution in [0.5, 0.6) is 0 Å². The molecule has 0 aliphatic carbocycles. The molecule has 3 aromatic heterocycles. The van der Waals surface area contributed by atoms with E-state index in [4.69, 9.17) is 10.3 Å². The molecule has 0 radical (unpaired) electrons. The topological polar surface area (TPSA) is 101 Å². The summed E-state index contributed by atoms with van der Waals surface area (Å²) >= 11 is 0. The van der Waals surface area contributed by atoms with Crippen LogP contribution < -0.4 is 5.73 Å². The van der Waals surface area contributed by atoms with Crippen molar-refractivity contribution in [2.75, 3.05) is 5.73 Å². The minimum Gasteiger partial charge on any atom is -0.369 e. The lowest BCUT2D eigenvalue weighted by Crippen LogP contribution is -2.09. The third-order valence-corrected chi connectivity index (χ3v) is 3.03. The molecule has 0 spiro atoms. The fourth-order valence-corrected chi connectivity index (χ4v) is 2.20. The van der Waals surface area contributed by atoms with E-state index in [0.717, 1.165) is 23.3 Å². The summed E-state index contributed by atoms with van der Waals surface area (Å²) in [5.41, 5.74) is 8.61. The van der Waals surface area contributed by atoms with Crippen LogP contribution >= 0.6 is 0 Å². The van der Waals surface area contributed by atoms with Crippen molar-refractivity contribution in [1.82, 2.24) is 29.5 Å². The molecule has 3 rings (SSSR count). The minimum absolute atomic E-state index is 0.419. The molecular weight excluding hydrogens is 246 g/mol. The molecule has 0 unspecified atom stereocenters. The van der Waals surface area contributed by atoms with Gasteiger partial charge in [-0.05, 0) is 6.42 Å². The molecular formula is C11H15N7O. The highest BCUT2D eigenvalue weighted by atomic mass is 16.5. The van der Waals surface area contributed by atoms with Gasteiger partial charge in [-0.15, -0.1) is 0 Å². The Balaban J connectivity index is 2.12. The predicted octanol–water partition coefficient (Wildman–Crippen LogP) is 0.654. The van der Waals surface area contributed by atoms with E-state index in [1.54, 1.807) is 11.6 Å². The number of aromatic nitrogens is 6. The Morgan fingerprint density at radius 2 is 2.11 bits per heavy atom. The summed E-state index contributed by atoms with van der Waals surface area (Å²) in [6, 6.07) is 0. The highest BCUT2D eigenvalue weighted by Gasteiger charge is 2.18. The van der Waals surface area contributed by atoms with Gasteiger partial charge < -0.3 is 10.3 Å². The molecule has 0 aliphatic rings. The first-order valence-electron chi connectivity index (χ1n) is 6.07. The van der Waals surface area contributed by atoms with Crippen LogP contribution in [0.1, 0.15) is 24.3 Å². The number of aryl methyl sites for hydroxylation is 3. The number of fused-ring (bicyclic) bond motifs is 1. The molecule has 0 saturated heterocycles. The van der Waals surface area contributed by atoms with E-state index in [9.17, 15) is 0 Å². The van der Waals surface area contributed by atoms with E-state index in [2.05, 4.69) is 20.2 Å². The maximum Gasteiger partial charge on any atom is 0.223 e. The molecule has 0 aromatic carbocycles. The summed E-state index contributed by atoms with van der Waals surface area (Å²) in [6.07, 6.45) is 0.815. The summed E-state index contributed by atoms with van der Waals surface area (Å²) in [5.74, 6) is 1.53. The van der Waals surface area contributed by atoms with E-state index < -0.39 is 0 Å². The lowest BCUT2D eigenvalue weighted by atomic mass is 10.3. The molecule has 0 atom stereocenters. The van der Waals surface area contributed by atoms with Crippen LogP contribution in [-0.4, -0.2) is 29.5 Å². The molecule has 0 aliphatic heterocycles. The van der Waals surface area contributed by atoms with Gasteiger partial charge in [-0.3, -0.25) is 9.25 Å². The molecule has 0 amide bonds. The number of nitrogens with zero attached hydrogens (tertiary/aromatic N) is 6. The van der Waals surface area contributed by atoms with Gasteiger partial charge in [0.05, 0.1) is 12.2 Å². The summed E-state index contributed by atoms with van der Waals surface area (Å²) in [6.45, 7) is 4.21. The first-order valence-corrected chi connectivity index (χ1v) is 6.07. The number of hydrogen-bond acceptors (Lipinski definition) is 6. The van der Waals surface area contributed by atoms with Crippen molar-refractivity contribution in [2.24, 2.45) is 7.05 Å². The molecule has 0 saturated carbocycles. The lowest BCUT2D eigenvalue weighted by molar-refractivity contribution is 0.386. The highest BCUT2D eigenvalue weighted by molar-refractivity contribution is 5.77. The van der Waals surface area contributed by atoms with Crippen molar-refractivity contribution in [1.29, 1.82) is 0 Å². The van der Waals surface area contributed by atoms with Crippen molar-refractivity contribution in [3.63, 3.8) is 0 Å². The fraction of sp³-hybridized carbons (Fsp3) is 0.455. The maximum atomic E-state index is 5.97. The number of imidazole rings is 1. The highest BCUT2D eigenvalue weighted by Crippen LogP contribution is 2.21. The van der Waals surface area contributed by atoms with Gasteiger partial charge in [0.2, 0.25) is 11.8 Å². The van der Waals surface area contributed by atoms with Crippen LogP contribution in [0.2, 0.25) is 0 Å². The van der Waals surface area contributed by atoms with Crippen LogP contribution in [0.4, 0.5) is 5.95 Å². The van der Waals surface area contributed by atoms with Gasteiger partial charge >= 0.3 is 0 Å². The quantitative estimate of drug-likeness (QED) is 0.743. The average Bonchev–Trinajstić information content (AvgIpc) is 3.00. The zero-order valence-electron chi connectivity index (χ0n) is 11.1. The smallest absolute Gasteiger partial charge is 0.223 e. The van der Waals surface area contributed by atoms with E-state index in [0.29, 0.717) is 24.2 Å². The summed E-state index contributed by atoms with van der Waals surface area (Å²) in [5, 5.41) is 8.31. The minimum atomic E-state index is 0.419. The van der Waals surface area contributed by atoms with Crippen LogP contribution in [0.25, 0.3) is 11.2 Å². The summed E-state index contributed by atoms with van der Waals surface area (Å²) < 4.78 is 8.59. The maximum absolute atomic E-state index is 5.97.